The van der Waals surface area contributed by atoms with Crippen LogP contribution in [0.1, 0.15) is 9.60 Å². The van der Waals surface area contributed by atoms with Gasteiger partial charge in [0.1, 0.15) is 0 Å². The van der Waals surface area contributed by atoms with Gasteiger partial charge in [-0.25, -0.2) is 15.0 Å². The maximum absolute atomic E-state index is 9.23. The van der Waals surface area contributed by atoms with Crippen LogP contribution < -0.4 is 0 Å². The highest BCUT2D eigenvalue weighted by Crippen LogP contribution is 2.43. The van der Waals surface area contributed by atoms with Gasteiger partial charge in [-0.1, -0.05) is 188 Å². The Kier molecular flexibility index (Phi) is 7.43. The second-order valence-electron chi connectivity index (χ2n) is 16.2. The summed E-state index contributed by atoms with van der Waals surface area (Å²) in [7, 11) is 0. The molecule has 0 saturated heterocycles. The van der Waals surface area contributed by atoms with Crippen LogP contribution in [0.4, 0.5) is 0 Å². The first-order valence-corrected chi connectivity index (χ1v) is 22.5. The third-order valence-electron chi connectivity index (χ3n) is 12.4. The molecule has 0 atom stereocenters. The van der Waals surface area contributed by atoms with Gasteiger partial charge in [-0.15, -0.1) is 11.3 Å². The average Bonchev–Trinajstić information content (AvgIpc) is 4.01. The van der Waals surface area contributed by atoms with E-state index >= 15 is 0 Å². The molecule has 10 aromatic carbocycles. The van der Waals surface area contributed by atoms with E-state index in [0.29, 0.717) is 22.9 Å². The first-order valence-electron chi connectivity index (χ1n) is 25.2. The van der Waals surface area contributed by atoms with Crippen molar-refractivity contribution >= 4 is 64.1 Å². The molecule has 66 heavy (non-hydrogen) atoms. The van der Waals surface area contributed by atoms with Crippen LogP contribution in [0.5, 0.6) is 0 Å². The van der Waals surface area contributed by atoms with Gasteiger partial charge in [-0.2, -0.15) is 0 Å². The minimum absolute atomic E-state index is 0.0637. The maximum Gasteiger partial charge on any atom is 0.166 e. The van der Waals surface area contributed by atoms with Gasteiger partial charge in [0.05, 0.1) is 26.3 Å². The third-order valence-corrected chi connectivity index (χ3v) is 13.6. The highest BCUT2D eigenvalue weighted by atomic mass is 32.1. The van der Waals surface area contributed by atoms with Crippen LogP contribution in [0, 0.1) is 0 Å². The van der Waals surface area contributed by atoms with Gasteiger partial charge in [0.25, 0.3) is 0 Å². The zero-order valence-electron chi connectivity index (χ0n) is 42.1. The molecule has 0 aliphatic heterocycles. The molecule has 3 aromatic heterocycles. The highest BCUT2D eigenvalue weighted by molar-refractivity contribution is 7.26. The van der Waals surface area contributed by atoms with Crippen LogP contribution >= 0.6 is 11.3 Å². The quantitative estimate of drug-likeness (QED) is 0.160. The van der Waals surface area contributed by atoms with Crippen LogP contribution in [0.25, 0.3) is 126 Å². The average molecular weight is 866 g/mol. The van der Waals surface area contributed by atoms with Gasteiger partial charge in [0.2, 0.25) is 0 Å². The molecule has 4 nitrogen and oxygen atoms in total. The molecule has 0 spiro atoms. The van der Waals surface area contributed by atoms with Crippen molar-refractivity contribution in [3.63, 3.8) is 0 Å². The second kappa shape index (κ2) is 15.6. The fourth-order valence-corrected chi connectivity index (χ4v) is 10.5. The minimum Gasteiger partial charge on any atom is -0.309 e. The van der Waals surface area contributed by atoms with Crippen molar-refractivity contribution in [2.75, 3.05) is 0 Å². The van der Waals surface area contributed by atoms with Crippen molar-refractivity contribution < 1.29 is 9.60 Å². The van der Waals surface area contributed by atoms with E-state index in [-0.39, 0.29) is 57.8 Å². The van der Waals surface area contributed by atoms with E-state index in [4.69, 9.17) is 21.8 Å². The van der Waals surface area contributed by atoms with Crippen molar-refractivity contribution in [1.29, 1.82) is 0 Å². The van der Waals surface area contributed by atoms with Gasteiger partial charge in [-0.05, 0) is 86.6 Å². The smallest absolute Gasteiger partial charge is 0.166 e. The molecular formula is C61H38N4S. The van der Waals surface area contributed by atoms with Crippen molar-refractivity contribution in [1.82, 2.24) is 19.5 Å². The predicted octanol–water partition coefficient (Wildman–Crippen LogP) is 16.5. The summed E-state index contributed by atoms with van der Waals surface area (Å²) < 4.78 is 66.4. The number of benzene rings is 10. The Balaban J connectivity index is 1.01. The molecule has 308 valence electrons. The Morgan fingerprint density at radius 3 is 1.89 bits per heavy atom. The lowest BCUT2D eigenvalue weighted by molar-refractivity contribution is 1.06. The van der Waals surface area contributed by atoms with E-state index in [1.807, 2.05) is 60.7 Å². The summed E-state index contributed by atoms with van der Waals surface area (Å²) in [5.74, 6) is 1.09. The maximum atomic E-state index is 9.23. The van der Waals surface area contributed by atoms with E-state index in [9.17, 15) is 2.74 Å². The number of para-hydroxylation sites is 3. The Hall–Kier alpha value is -8.51. The molecule has 0 unspecified atom stereocenters. The van der Waals surface area contributed by atoms with Gasteiger partial charge < -0.3 is 4.57 Å². The molecule has 0 N–H and O–H groups in total. The van der Waals surface area contributed by atoms with Crippen LogP contribution in [-0.2, 0) is 0 Å². The molecule has 13 aromatic rings. The Morgan fingerprint density at radius 1 is 0.364 bits per heavy atom. The fourth-order valence-electron chi connectivity index (χ4n) is 9.26. The predicted molar refractivity (Wildman–Crippen MR) is 277 cm³/mol. The lowest BCUT2D eigenvalue weighted by atomic mass is 9.97. The first kappa shape index (κ1) is 31.4. The summed E-state index contributed by atoms with van der Waals surface area (Å²) in [4.78, 5) is 15.6. The molecule has 0 saturated carbocycles. The summed E-state index contributed by atoms with van der Waals surface area (Å²) in [6.45, 7) is 0. The topological polar surface area (TPSA) is 43.6 Å². The van der Waals surface area contributed by atoms with Crippen LogP contribution in [0.2, 0.25) is 0 Å². The number of hydrogen-bond donors (Lipinski definition) is 0. The first-order chi connectivity index (χ1) is 35.6. The highest BCUT2D eigenvalue weighted by Gasteiger charge is 2.20. The van der Waals surface area contributed by atoms with Crippen molar-refractivity contribution in [2.45, 2.75) is 0 Å². The van der Waals surface area contributed by atoms with E-state index in [1.165, 1.54) is 31.8 Å². The zero-order chi connectivity index (χ0) is 49.6. The largest absolute Gasteiger partial charge is 0.309 e. The number of aromatic nitrogens is 4. The van der Waals surface area contributed by atoms with Gasteiger partial charge in [0, 0.05) is 47.6 Å². The van der Waals surface area contributed by atoms with Crippen molar-refractivity contribution in [3.05, 3.63) is 230 Å². The second-order valence-corrected chi connectivity index (χ2v) is 17.3. The molecular weight excluding hydrogens is 821 g/mol. The summed E-state index contributed by atoms with van der Waals surface area (Å²) in [6.07, 6.45) is 0. The number of hydrogen-bond acceptors (Lipinski definition) is 4. The van der Waals surface area contributed by atoms with Gasteiger partial charge in [-0.3, -0.25) is 0 Å². The lowest BCUT2D eigenvalue weighted by Crippen LogP contribution is -2.03. The molecule has 0 amide bonds. The number of nitrogens with zero attached hydrogens (tertiary/aromatic N) is 4. The van der Waals surface area contributed by atoms with E-state index in [0.717, 1.165) is 49.7 Å². The summed E-state index contributed by atoms with van der Waals surface area (Å²) in [5, 5.41) is 4.83. The normalized spacial score (nSPS) is 13.1. The van der Waals surface area contributed by atoms with Gasteiger partial charge in [0.15, 0.2) is 17.5 Å². The molecule has 0 bridgehead atoms. The van der Waals surface area contributed by atoms with E-state index < -0.39 is 12.1 Å². The molecule has 5 heteroatoms. The van der Waals surface area contributed by atoms with Gasteiger partial charge >= 0.3 is 0 Å². The summed E-state index contributed by atoms with van der Waals surface area (Å²) in [6, 6.07) is 60.9. The van der Waals surface area contributed by atoms with E-state index in [2.05, 4.69) is 115 Å². The molecule has 0 radical (unpaired) electrons. The number of fused-ring (bicyclic) bond motifs is 7. The Labute approximate surface area is 395 Å². The SMILES string of the molecule is [2H]c1cc([2H])c2c(c1[2H])c1c([2H])c([2H])c([2H])c([2H])c1n2-c1ccccc1-c1nc(-c2ccc(-c3cccc4ccccc34)cc2)nc(-c2cccc(-c3cccc4c3sc3ccc(-c5ccccc5)cc34)c2)n1. The fraction of sp³-hybridized carbons (Fsp3) is 0. The molecule has 3 heterocycles. The van der Waals surface area contributed by atoms with Crippen LogP contribution in [0.3, 0.4) is 0 Å². The van der Waals surface area contributed by atoms with Crippen molar-refractivity contribution in [3.8, 4) is 73.2 Å². The van der Waals surface area contributed by atoms with E-state index in [1.54, 1.807) is 22.0 Å². The standard InChI is InChI=1S/C61H38N4S/c1-2-15-39(16-3-1)43-35-36-57-53(38-43)51-27-14-26-48(58(51)66-57)44-19-12-20-45(37-44)60-62-59(42-33-31-41(32-34-42)47-25-13-18-40-17-4-5-21-46(40)47)63-61(64-60)52-24-8-11-30-56(52)65-54-28-9-6-22-49(54)50-23-7-10-29-55(50)65/h1-38H/i6D,7D,9D,22D,23D,28D,29D. The molecule has 0 aliphatic rings. The minimum atomic E-state index is -0.465. The third kappa shape index (κ3) is 6.40. The Morgan fingerprint density at radius 2 is 0.985 bits per heavy atom. The summed E-state index contributed by atoms with van der Waals surface area (Å²) in [5.41, 5.74) is 9.20. The molecule has 13 rings (SSSR count). The molecule has 0 aliphatic carbocycles. The lowest BCUT2D eigenvalue weighted by Gasteiger charge is -2.15. The van der Waals surface area contributed by atoms with Crippen LogP contribution in [0.15, 0.2) is 230 Å². The number of rotatable bonds is 7. The Bertz CT molecular complexity index is 4410. The van der Waals surface area contributed by atoms with Crippen LogP contribution in [-0.4, -0.2) is 19.5 Å². The number of thiophene rings is 1. The summed E-state index contributed by atoms with van der Waals surface area (Å²) >= 11 is 1.77. The zero-order valence-corrected chi connectivity index (χ0v) is 35.9. The monoisotopic (exact) mass is 865 g/mol. The van der Waals surface area contributed by atoms with Crippen molar-refractivity contribution in [2.24, 2.45) is 0 Å². The molecule has 0 fully saturated rings.